The number of ether oxygens (including phenoxy) is 2. The van der Waals surface area contributed by atoms with E-state index in [9.17, 15) is 15.2 Å². The van der Waals surface area contributed by atoms with Gasteiger partial charge in [0.1, 0.15) is 6.10 Å². The van der Waals surface area contributed by atoms with Crippen LogP contribution in [0.4, 0.5) is 5.69 Å². The first-order chi connectivity index (χ1) is 12.5. The van der Waals surface area contributed by atoms with Crippen molar-refractivity contribution in [1.82, 2.24) is 14.9 Å². The first-order valence-electron chi connectivity index (χ1n) is 7.98. The Morgan fingerprint density at radius 3 is 3.12 bits per heavy atom. The number of hydrogen-bond acceptors (Lipinski definition) is 8. The third-order valence-corrected chi connectivity index (χ3v) is 4.05. The molecular formula is C15H17N5O5S. The van der Waals surface area contributed by atoms with Gasteiger partial charge in [0.15, 0.2) is 11.6 Å². The number of phenolic OH excluding ortho intramolecular Hbond substituents is 1. The maximum atomic E-state index is 11.1. The van der Waals surface area contributed by atoms with Gasteiger partial charge in [-0.1, -0.05) is 0 Å². The number of rotatable bonds is 6. The summed E-state index contributed by atoms with van der Waals surface area (Å²) in [6.45, 7) is 2.61. The minimum Gasteiger partial charge on any atom is -0.500 e. The number of aromatic amines is 1. The molecule has 138 valence electrons. The zero-order valence-electron chi connectivity index (χ0n) is 13.9. The average Bonchev–Trinajstić information content (AvgIpc) is 3.25. The molecule has 11 heteroatoms. The third kappa shape index (κ3) is 3.58. The molecule has 2 N–H and O–H groups in total. The smallest absolute Gasteiger partial charge is 0.315 e. The highest BCUT2D eigenvalue weighted by atomic mass is 32.1. The van der Waals surface area contributed by atoms with E-state index in [0.29, 0.717) is 18.0 Å². The lowest BCUT2D eigenvalue weighted by molar-refractivity contribution is -0.386. The summed E-state index contributed by atoms with van der Waals surface area (Å²) in [7, 11) is 0. The summed E-state index contributed by atoms with van der Waals surface area (Å²) >= 11 is 5.18. The van der Waals surface area contributed by atoms with Gasteiger partial charge in [0.05, 0.1) is 17.7 Å². The van der Waals surface area contributed by atoms with Crippen LogP contribution in [0.25, 0.3) is 0 Å². The lowest BCUT2D eigenvalue weighted by Crippen LogP contribution is -2.05. The maximum absolute atomic E-state index is 11.1. The molecule has 2 heterocycles. The number of nitrogens with one attached hydrogen (secondary N) is 1. The highest BCUT2D eigenvalue weighted by Gasteiger charge is 2.24. The minimum atomic E-state index is -0.684. The van der Waals surface area contributed by atoms with Crippen LogP contribution in [0.2, 0.25) is 0 Å². The first kappa shape index (κ1) is 18.0. The van der Waals surface area contributed by atoms with Crippen molar-refractivity contribution in [3.63, 3.8) is 0 Å². The van der Waals surface area contributed by atoms with E-state index in [1.54, 1.807) is 6.92 Å². The van der Waals surface area contributed by atoms with Crippen LogP contribution in [0.3, 0.4) is 0 Å². The molecule has 0 aliphatic carbocycles. The van der Waals surface area contributed by atoms with E-state index in [-0.39, 0.29) is 23.2 Å². The van der Waals surface area contributed by atoms with E-state index >= 15 is 0 Å². The Kier molecular flexibility index (Phi) is 5.28. The minimum absolute atomic E-state index is 0.0123. The molecule has 2 aromatic rings. The molecule has 0 spiro atoms. The van der Waals surface area contributed by atoms with E-state index in [0.717, 1.165) is 12.8 Å². The van der Waals surface area contributed by atoms with Gasteiger partial charge in [0.2, 0.25) is 10.5 Å². The molecule has 0 saturated carbocycles. The van der Waals surface area contributed by atoms with Gasteiger partial charge in [0, 0.05) is 18.2 Å². The molecule has 0 radical (unpaired) electrons. The molecule has 1 aliphatic rings. The lowest BCUT2D eigenvalue weighted by Gasteiger charge is -2.08. The Balaban J connectivity index is 1.97. The van der Waals surface area contributed by atoms with Gasteiger partial charge in [0.25, 0.3) is 0 Å². The van der Waals surface area contributed by atoms with E-state index in [1.807, 2.05) is 0 Å². The Bertz CT molecular complexity index is 900. The van der Waals surface area contributed by atoms with Crippen LogP contribution in [0.5, 0.6) is 11.5 Å². The van der Waals surface area contributed by atoms with Crippen LogP contribution in [0.15, 0.2) is 17.2 Å². The van der Waals surface area contributed by atoms with Crippen molar-refractivity contribution in [2.45, 2.75) is 25.9 Å². The third-order valence-electron chi connectivity index (χ3n) is 3.79. The molecular weight excluding hydrogens is 362 g/mol. The van der Waals surface area contributed by atoms with Crippen LogP contribution in [-0.2, 0) is 4.74 Å². The van der Waals surface area contributed by atoms with Gasteiger partial charge in [-0.2, -0.15) is 14.9 Å². The lowest BCUT2D eigenvalue weighted by atomic mass is 10.2. The highest BCUT2D eigenvalue weighted by Crippen LogP contribution is 2.36. The summed E-state index contributed by atoms with van der Waals surface area (Å²) in [5.41, 5.74) is -0.0909. The second-order valence-electron chi connectivity index (χ2n) is 5.52. The summed E-state index contributed by atoms with van der Waals surface area (Å²) in [6, 6.07) is 2.67. The predicted molar refractivity (Wildman–Crippen MR) is 94.3 cm³/mol. The van der Waals surface area contributed by atoms with Crippen molar-refractivity contribution >= 4 is 24.1 Å². The zero-order valence-corrected chi connectivity index (χ0v) is 14.7. The van der Waals surface area contributed by atoms with Gasteiger partial charge in [-0.25, -0.2) is 0 Å². The number of H-pyrrole nitrogens is 1. The summed E-state index contributed by atoms with van der Waals surface area (Å²) in [5.74, 6) is 0.0364. The molecule has 3 rings (SSSR count). The van der Waals surface area contributed by atoms with Gasteiger partial charge < -0.3 is 14.6 Å². The second-order valence-corrected chi connectivity index (χ2v) is 5.91. The number of benzene rings is 1. The van der Waals surface area contributed by atoms with Crippen molar-refractivity contribution in [1.29, 1.82) is 0 Å². The van der Waals surface area contributed by atoms with Crippen LogP contribution in [0.1, 0.15) is 37.3 Å². The van der Waals surface area contributed by atoms with Crippen molar-refractivity contribution in [3.05, 3.63) is 38.4 Å². The number of hydrogen-bond donors (Lipinski definition) is 2. The van der Waals surface area contributed by atoms with Crippen LogP contribution >= 0.6 is 12.2 Å². The Hall–Kier alpha value is -2.79. The largest absolute Gasteiger partial charge is 0.500 e. The number of aromatic hydroxyl groups is 1. The van der Waals surface area contributed by atoms with Crippen molar-refractivity contribution < 1.29 is 19.5 Å². The summed E-state index contributed by atoms with van der Waals surface area (Å²) in [6.07, 6.45) is 2.93. The Morgan fingerprint density at radius 2 is 2.46 bits per heavy atom. The molecule has 1 aromatic heterocycles. The Morgan fingerprint density at radius 1 is 1.65 bits per heavy atom. The molecule has 1 aromatic carbocycles. The number of nitro benzene ring substituents is 1. The monoisotopic (exact) mass is 379 g/mol. The van der Waals surface area contributed by atoms with E-state index in [1.165, 1.54) is 23.0 Å². The fourth-order valence-corrected chi connectivity index (χ4v) is 2.81. The molecule has 1 unspecified atom stereocenters. The van der Waals surface area contributed by atoms with Gasteiger partial charge in [-0.15, -0.1) is 0 Å². The quantitative estimate of drug-likeness (QED) is 0.342. The van der Waals surface area contributed by atoms with Gasteiger partial charge in [-0.05, 0) is 38.0 Å². The van der Waals surface area contributed by atoms with E-state index in [4.69, 9.17) is 21.7 Å². The topological polar surface area (TPSA) is 128 Å². The zero-order chi connectivity index (χ0) is 18.7. The molecule has 0 bridgehead atoms. The van der Waals surface area contributed by atoms with Crippen molar-refractivity contribution in [3.8, 4) is 11.5 Å². The molecule has 1 saturated heterocycles. The second kappa shape index (κ2) is 7.62. The number of phenols is 1. The number of nitrogens with zero attached hydrogens (tertiary/aromatic N) is 4. The fourth-order valence-electron chi connectivity index (χ4n) is 2.62. The van der Waals surface area contributed by atoms with Crippen LogP contribution < -0.4 is 4.74 Å². The highest BCUT2D eigenvalue weighted by molar-refractivity contribution is 7.71. The average molecular weight is 379 g/mol. The summed E-state index contributed by atoms with van der Waals surface area (Å²) in [5, 5.41) is 32.2. The maximum Gasteiger partial charge on any atom is 0.315 e. The summed E-state index contributed by atoms with van der Waals surface area (Å²) in [4.78, 5) is 10.5. The molecule has 1 fully saturated rings. The van der Waals surface area contributed by atoms with Gasteiger partial charge in [-0.3, -0.25) is 15.2 Å². The SMILES string of the molecule is CCOc1cc(/C=N\n2c(C3CCCO3)n[nH]c2=S)cc([N+](=O)[O-])c1O. The molecule has 1 atom stereocenters. The standard InChI is InChI=1S/C15H17N5O5S/c1-2-24-12-7-9(6-10(13(12)21)20(22)23)8-16-19-14(17-18-15(19)26)11-4-3-5-25-11/h6-8,11,21H,2-5H2,1H3,(H,18,26)/b16-8-. The van der Waals surface area contributed by atoms with Crippen molar-refractivity contribution in [2.75, 3.05) is 13.2 Å². The molecule has 1 aliphatic heterocycles. The van der Waals surface area contributed by atoms with Crippen molar-refractivity contribution in [2.24, 2.45) is 5.10 Å². The number of nitro groups is 1. The summed E-state index contributed by atoms with van der Waals surface area (Å²) < 4.78 is 12.6. The normalized spacial score (nSPS) is 17.0. The number of aromatic nitrogens is 3. The molecule has 10 nitrogen and oxygen atoms in total. The van der Waals surface area contributed by atoms with Crippen LogP contribution in [0, 0.1) is 14.9 Å². The van der Waals surface area contributed by atoms with Gasteiger partial charge >= 0.3 is 5.69 Å². The first-order valence-corrected chi connectivity index (χ1v) is 8.39. The fraction of sp³-hybridized carbons (Fsp3) is 0.400. The molecule has 0 amide bonds. The predicted octanol–water partition coefficient (Wildman–Crippen LogP) is 2.69. The van der Waals surface area contributed by atoms with Crippen LogP contribution in [-0.4, -0.2) is 44.3 Å². The molecule has 26 heavy (non-hydrogen) atoms. The van der Waals surface area contributed by atoms with E-state index < -0.39 is 16.4 Å². The Labute approximate surface area is 153 Å². The van der Waals surface area contributed by atoms with E-state index in [2.05, 4.69) is 15.3 Å².